The number of likely N-dealkylation sites (tertiary alicyclic amines) is 1. The van der Waals surface area contributed by atoms with Gasteiger partial charge >= 0.3 is 0 Å². The number of aromatic nitrogens is 1. The lowest BCUT2D eigenvalue weighted by Gasteiger charge is -2.27. The highest BCUT2D eigenvalue weighted by Gasteiger charge is 2.19. The van der Waals surface area contributed by atoms with Crippen LogP contribution in [0.1, 0.15) is 35.3 Å². The fraction of sp³-hybridized carbons (Fsp3) is 0.500. The maximum absolute atomic E-state index is 12.2. The molecule has 2 rings (SSSR count). The molecule has 0 N–H and O–H groups in total. The molecule has 1 aliphatic heterocycles. The summed E-state index contributed by atoms with van der Waals surface area (Å²) in [6.45, 7) is 3.55. The van der Waals surface area contributed by atoms with Gasteiger partial charge in [-0.15, -0.1) is 0 Å². The van der Waals surface area contributed by atoms with Crippen LogP contribution < -0.4 is 5.46 Å². The van der Waals surface area contributed by atoms with Crippen LogP contribution >= 0.6 is 0 Å². The SMILES string of the molecule is [B]c1cnc(C)c(C(=O)N2CCCCC2)c1. The lowest BCUT2D eigenvalue weighted by molar-refractivity contribution is 0.0723. The van der Waals surface area contributed by atoms with Crippen molar-refractivity contribution in [3.8, 4) is 0 Å². The zero-order valence-electron chi connectivity index (χ0n) is 9.57. The largest absolute Gasteiger partial charge is 0.339 e. The van der Waals surface area contributed by atoms with E-state index in [2.05, 4.69) is 4.98 Å². The number of amides is 1. The third-order valence-corrected chi connectivity index (χ3v) is 2.98. The summed E-state index contributed by atoms with van der Waals surface area (Å²) in [7, 11) is 5.66. The maximum atomic E-state index is 12.2. The van der Waals surface area contributed by atoms with Crippen LogP contribution in [0.3, 0.4) is 0 Å². The van der Waals surface area contributed by atoms with E-state index in [0.29, 0.717) is 11.0 Å². The molecule has 2 radical (unpaired) electrons. The highest BCUT2D eigenvalue weighted by molar-refractivity contribution is 6.32. The minimum atomic E-state index is 0.0667. The van der Waals surface area contributed by atoms with Crippen molar-refractivity contribution < 1.29 is 4.79 Å². The Hall–Kier alpha value is -1.32. The van der Waals surface area contributed by atoms with Gasteiger partial charge in [-0.05, 0) is 26.2 Å². The van der Waals surface area contributed by atoms with E-state index in [1.54, 1.807) is 12.3 Å². The molecule has 1 saturated heterocycles. The van der Waals surface area contributed by atoms with Crippen molar-refractivity contribution in [3.63, 3.8) is 0 Å². The van der Waals surface area contributed by atoms with E-state index in [4.69, 9.17) is 7.85 Å². The predicted octanol–water partition coefficient (Wildman–Crippen LogP) is 0.810. The normalized spacial score (nSPS) is 16.2. The van der Waals surface area contributed by atoms with Gasteiger partial charge in [0.15, 0.2) is 0 Å². The quantitative estimate of drug-likeness (QED) is 0.648. The van der Waals surface area contributed by atoms with E-state index in [-0.39, 0.29) is 5.91 Å². The molecule has 1 fully saturated rings. The van der Waals surface area contributed by atoms with Crippen molar-refractivity contribution in [3.05, 3.63) is 23.5 Å². The minimum absolute atomic E-state index is 0.0667. The van der Waals surface area contributed by atoms with Gasteiger partial charge in [-0.1, -0.05) is 11.5 Å². The van der Waals surface area contributed by atoms with Gasteiger partial charge in [-0.2, -0.15) is 0 Å². The average Bonchev–Trinajstić information content (AvgIpc) is 2.32. The van der Waals surface area contributed by atoms with Crippen LogP contribution in [0.2, 0.25) is 0 Å². The topological polar surface area (TPSA) is 33.2 Å². The van der Waals surface area contributed by atoms with Crippen molar-refractivity contribution in [2.75, 3.05) is 13.1 Å². The summed E-state index contributed by atoms with van der Waals surface area (Å²) < 4.78 is 0. The fourth-order valence-electron chi connectivity index (χ4n) is 2.03. The standard InChI is InChI=1S/C12H15BN2O/c1-9-11(7-10(13)8-14-9)12(16)15-5-3-2-4-6-15/h7-8H,2-6H2,1H3. The highest BCUT2D eigenvalue weighted by Crippen LogP contribution is 2.13. The number of hydrogen-bond donors (Lipinski definition) is 0. The number of pyridine rings is 1. The lowest BCUT2D eigenvalue weighted by atomic mass is 9.95. The second kappa shape index (κ2) is 4.68. The first kappa shape index (κ1) is 11.2. The Balaban J connectivity index is 2.22. The maximum Gasteiger partial charge on any atom is 0.255 e. The van der Waals surface area contributed by atoms with E-state index in [9.17, 15) is 4.79 Å². The monoisotopic (exact) mass is 214 g/mol. The first-order valence-corrected chi connectivity index (χ1v) is 5.70. The summed E-state index contributed by atoms with van der Waals surface area (Å²) in [5.74, 6) is 0.0667. The predicted molar refractivity (Wildman–Crippen MR) is 64.1 cm³/mol. The average molecular weight is 214 g/mol. The van der Waals surface area contributed by atoms with Crippen LogP contribution in [0.15, 0.2) is 12.3 Å². The first-order valence-electron chi connectivity index (χ1n) is 5.70. The van der Waals surface area contributed by atoms with Gasteiger partial charge in [-0.3, -0.25) is 9.78 Å². The molecule has 1 amide bonds. The molecule has 0 spiro atoms. The third kappa shape index (κ3) is 2.26. The Morgan fingerprint density at radius 3 is 2.75 bits per heavy atom. The molecule has 82 valence electrons. The molecule has 0 unspecified atom stereocenters. The Morgan fingerprint density at radius 2 is 2.06 bits per heavy atom. The van der Waals surface area contributed by atoms with Gasteiger partial charge in [0.25, 0.3) is 5.91 Å². The van der Waals surface area contributed by atoms with Crippen LogP contribution in [0, 0.1) is 6.92 Å². The molecular weight excluding hydrogens is 199 g/mol. The van der Waals surface area contributed by atoms with Crippen LogP contribution in [-0.4, -0.2) is 36.7 Å². The molecule has 0 aliphatic carbocycles. The zero-order valence-corrected chi connectivity index (χ0v) is 9.57. The van der Waals surface area contributed by atoms with Crippen molar-refractivity contribution in [2.45, 2.75) is 26.2 Å². The smallest absolute Gasteiger partial charge is 0.255 e. The Labute approximate surface area is 97.3 Å². The summed E-state index contributed by atoms with van der Waals surface area (Å²) in [6.07, 6.45) is 5.00. The third-order valence-electron chi connectivity index (χ3n) is 2.98. The highest BCUT2D eigenvalue weighted by atomic mass is 16.2. The fourth-order valence-corrected chi connectivity index (χ4v) is 2.03. The molecule has 0 saturated carbocycles. The second-order valence-corrected chi connectivity index (χ2v) is 4.25. The van der Waals surface area contributed by atoms with Crippen LogP contribution in [-0.2, 0) is 0 Å². The Bertz CT molecular complexity index is 400. The van der Waals surface area contributed by atoms with Crippen LogP contribution in [0.5, 0.6) is 0 Å². The molecular formula is C12H15BN2O. The molecule has 1 aromatic heterocycles. The molecule has 0 atom stereocenters. The molecule has 1 aliphatic rings. The van der Waals surface area contributed by atoms with E-state index < -0.39 is 0 Å². The summed E-state index contributed by atoms with van der Waals surface area (Å²) in [6, 6.07) is 1.72. The lowest BCUT2D eigenvalue weighted by Crippen LogP contribution is -2.36. The first-order chi connectivity index (χ1) is 7.68. The Kier molecular flexibility index (Phi) is 3.27. The van der Waals surface area contributed by atoms with Gasteiger partial charge in [0.2, 0.25) is 0 Å². The number of rotatable bonds is 1. The summed E-state index contributed by atoms with van der Waals surface area (Å²) in [5, 5.41) is 0. The van der Waals surface area contributed by atoms with Gasteiger partial charge < -0.3 is 4.90 Å². The number of hydrogen-bond acceptors (Lipinski definition) is 2. The summed E-state index contributed by atoms with van der Waals surface area (Å²) >= 11 is 0. The number of aryl methyl sites for hydroxylation is 1. The van der Waals surface area contributed by atoms with Gasteiger partial charge in [-0.25, -0.2) is 0 Å². The van der Waals surface area contributed by atoms with E-state index in [1.165, 1.54) is 6.42 Å². The van der Waals surface area contributed by atoms with E-state index >= 15 is 0 Å². The molecule has 1 aromatic rings. The summed E-state index contributed by atoms with van der Waals surface area (Å²) in [5.41, 5.74) is 1.94. The second-order valence-electron chi connectivity index (χ2n) is 4.25. The number of nitrogens with zero attached hydrogens (tertiary/aromatic N) is 2. The number of carbonyl (C=O) groups is 1. The molecule has 16 heavy (non-hydrogen) atoms. The molecule has 3 nitrogen and oxygen atoms in total. The molecule has 4 heteroatoms. The van der Waals surface area contributed by atoms with E-state index in [1.807, 2.05) is 11.8 Å². The van der Waals surface area contributed by atoms with Gasteiger partial charge in [0.1, 0.15) is 7.85 Å². The van der Waals surface area contributed by atoms with E-state index in [0.717, 1.165) is 31.6 Å². The van der Waals surface area contributed by atoms with Crippen LogP contribution in [0.4, 0.5) is 0 Å². The van der Waals surface area contributed by atoms with Crippen molar-refractivity contribution in [1.29, 1.82) is 0 Å². The zero-order chi connectivity index (χ0) is 11.5. The Morgan fingerprint density at radius 1 is 1.38 bits per heavy atom. The molecule has 0 aromatic carbocycles. The summed E-state index contributed by atoms with van der Waals surface area (Å²) in [4.78, 5) is 18.2. The molecule has 0 bridgehead atoms. The minimum Gasteiger partial charge on any atom is -0.339 e. The van der Waals surface area contributed by atoms with Crippen LogP contribution in [0.25, 0.3) is 0 Å². The van der Waals surface area contributed by atoms with Crippen molar-refractivity contribution in [2.24, 2.45) is 0 Å². The van der Waals surface area contributed by atoms with Crippen molar-refractivity contribution >= 4 is 19.2 Å². The van der Waals surface area contributed by atoms with Gasteiger partial charge in [0, 0.05) is 25.0 Å². The number of carbonyl (C=O) groups excluding carboxylic acids is 1. The number of piperidine rings is 1. The van der Waals surface area contributed by atoms with Crippen molar-refractivity contribution in [1.82, 2.24) is 9.88 Å². The molecule has 2 heterocycles. The van der Waals surface area contributed by atoms with Gasteiger partial charge in [0.05, 0.1) is 5.56 Å².